The third-order valence-corrected chi connectivity index (χ3v) is 4.29. The Hall–Kier alpha value is -2.96. The van der Waals surface area contributed by atoms with E-state index in [1.54, 1.807) is 24.3 Å². The van der Waals surface area contributed by atoms with E-state index >= 15 is 0 Å². The first-order valence-electron chi connectivity index (χ1n) is 8.64. The van der Waals surface area contributed by atoms with Crippen molar-refractivity contribution in [2.24, 2.45) is 0 Å². The van der Waals surface area contributed by atoms with E-state index in [9.17, 15) is 18.4 Å². The Bertz CT molecular complexity index is 802. The summed E-state index contributed by atoms with van der Waals surface area (Å²) in [7, 11) is 0. The first-order chi connectivity index (χ1) is 13.0. The number of carbonyl (C=O) groups excluding carboxylic acids is 2. The molecule has 1 aliphatic rings. The van der Waals surface area contributed by atoms with Gasteiger partial charge in [0.1, 0.15) is 17.9 Å². The molecule has 0 spiro atoms. The molecule has 0 bridgehead atoms. The minimum atomic E-state index is -3.03. The lowest BCUT2D eigenvalue weighted by Crippen LogP contribution is -2.27. The van der Waals surface area contributed by atoms with Gasteiger partial charge in [-0.3, -0.25) is 4.79 Å². The predicted molar refractivity (Wildman–Crippen MR) is 93.8 cm³/mol. The molecule has 5 nitrogen and oxygen atoms in total. The van der Waals surface area contributed by atoms with Gasteiger partial charge in [-0.2, -0.15) is 8.78 Å². The molecular weight excluding hydrogens is 356 g/mol. The highest BCUT2D eigenvalue weighted by Gasteiger charge is 2.19. The molecule has 1 aliphatic heterocycles. The molecule has 0 radical (unpaired) electrons. The van der Waals surface area contributed by atoms with Gasteiger partial charge < -0.3 is 14.4 Å². The van der Waals surface area contributed by atoms with Gasteiger partial charge in [-0.25, -0.2) is 4.79 Å². The van der Waals surface area contributed by atoms with Gasteiger partial charge in [0.05, 0.1) is 0 Å². The molecule has 2 aromatic carbocycles. The van der Waals surface area contributed by atoms with Crippen LogP contribution >= 0.6 is 0 Å². The highest BCUT2D eigenvalue weighted by atomic mass is 19.3. The van der Waals surface area contributed by atoms with Gasteiger partial charge in [-0.1, -0.05) is 24.3 Å². The van der Waals surface area contributed by atoms with Crippen LogP contribution in [-0.4, -0.2) is 36.5 Å². The number of para-hydroxylation sites is 1. The van der Waals surface area contributed by atoms with E-state index in [2.05, 4.69) is 4.74 Å². The summed E-state index contributed by atoms with van der Waals surface area (Å²) in [4.78, 5) is 26.3. The summed E-state index contributed by atoms with van der Waals surface area (Å²) in [5, 5.41) is 0. The number of hydrogen-bond donors (Lipinski definition) is 0. The van der Waals surface area contributed by atoms with Gasteiger partial charge in [0.2, 0.25) is 0 Å². The summed E-state index contributed by atoms with van der Waals surface area (Å²) in [6.45, 7) is -1.52. The molecule has 142 valence electrons. The molecular formula is C20H19F2NO4. The van der Waals surface area contributed by atoms with E-state index in [-0.39, 0.29) is 23.8 Å². The highest BCUT2D eigenvalue weighted by molar-refractivity contribution is 5.94. The number of amides is 1. The number of ether oxygens (including phenoxy) is 2. The molecule has 2 aromatic rings. The van der Waals surface area contributed by atoms with Gasteiger partial charge >= 0.3 is 12.6 Å². The summed E-state index contributed by atoms with van der Waals surface area (Å²) in [5.41, 5.74) is 1.20. The van der Waals surface area contributed by atoms with Gasteiger partial charge in [-0.15, -0.1) is 0 Å². The fourth-order valence-electron chi connectivity index (χ4n) is 2.91. The van der Waals surface area contributed by atoms with E-state index in [1.807, 2.05) is 4.90 Å². The molecule has 0 atom stereocenters. The average molecular weight is 375 g/mol. The van der Waals surface area contributed by atoms with Gasteiger partial charge in [0, 0.05) is 18.7 Å². The van der Waals surface area contributed by atoms with E-state index in [1.165, 1.54) is 24.3 Å². The summed E-state index contributed by atoms with van der Waals surface area (Å²) >= 11 is 0. The smallest absolute Gasteiger partial charge is 0.387 e. The van der Waals surface area contributed by atoms with Crippen LogP contribution < -0.4 is 4.74 Å². The molecule has 0 N–H and O–H groups in total. The summed E-state index contributed by atoms with van der Waals surface area (Å²) < 4.78 is 34.4. The number of halogens is 2. The number of alkyl halides is 2. The van der Waals surface area contributed by atoms with Crippen LogP contribution in [-0.2, 0) is 11.3 Å². The summed E-state index contributed by atoms with van der Waals surface area (Å²) in [5.74, 6) is -0.998. The van der Waals surface area contributed by atoms with Crippen LogP contribution in [0.4, 0.5) is 8.78 Å². The maximum atomic E-state index is 12.4. The molecule has 0 aromatic heterocycles. The van der Waals surface area contributed by atoms with Crippen LogP contribution in [0.5, 0.6) is 5.75 Å². The Morgan fingerprint density at radius 1 is 1.00 bits per heavy atom. The fourth-order valence-corrected chi connectivity index (χ4v) is 2.91. The monoisotopic (exact) mass is 375 g/mol. The predicted octanol–water partition coefficient (Wildman–Crippen LogP) is 3.88. The van der Waals surface area contributed by atoms with Crippen molar-refractivity contribution >= 4 is 11.9 Å². The van der Waals surface area contributed by atoms with Crippen LogP contribution in [0.25, 0.3) is 0 Å². The average Bonchev–Trinajstić information content (AvgIpc) is 3.21. The van der Waals surface area contributed by atoms with Crippen molar-refractivity contribution in [3.8, 4) is 5.75 Å². The quantitative estimate of drug-likeness (QED) is 0.719. The lowest BCUT2D eigenvalue weighted by Gasteiger charge is -2.15. The first-order valence-corrected chi connectivity index (χ1v) is 8.64. The molecule has 7 heteroatoms. The lowest BCUT2D eigenvalue weighted by molar-refractivity contribution is -0.0505. The Morgan fingerprint density at radius 2 is 1.67 bits per heavy atom. The van der Waals surface area contributed by atoms with Crippen LogP contribution in [0.1, 0.15) is 39.1 Å². The second-order valence-corrected chi connectivity index (χ2v) is 6.15. The molecule has 1 amide bonds. The van der Waals surface area contributed by atoms with Gasteiger partial charge in [0.15, 0.2) is 0 Å². The fraction of sp³-hybridized carbons (Fsp3) is 0.300. The van der Waals surface area contributed by atoms with Crippen molar-refractivity contribution in [2.75, 3.05) is 13.1 Å². The Labute approximate surface area is 155 Å². The molecule has 27 heavy (non-hydrogen) atoms. The molecule has 0 unspecified atom stereocenters. The number of esters is 1. The van der Waals surface area contributed by atoms with E-state index < -0.39 is 12.6 Å². The third kappa shape index (κ3) is 4.81. The molecule has 3 rings (SSSR count). The number of likely N-dealkylation sites (tertiary alicyclic amines) is 1. The minimum absolute atomic E-state index is 0.00544. The highest BCUT2D eigenvalue weighted by Crippen LogP contribution is 2.22. The third-order valence-electron chi connectivity index (χ3n) is 4.29. The number of rotatable bonds is 6. The Morgan fingerprint density at radius 3 is 2.33 bits per heavy atom. The zero-order valence-corrected chi connectivity index (χ0v) is 14.6. The SMILES string of the molecule is O=C(OCc1ccc(C(=O)N2CCCC2)cc1)c1ccccc1OC(F)F. The van der Waals surface area contributed by atoms with Crippen molar-refractivity contribution < 1.29 is 27.8 Å². The maximum Gasteiger partial charge on any atom is 0.387 e. The summed E-state index contributed by atoms with van der Waals surface area (Å²) in [6.07, 6.45) is 2.05. The van der Waals surface area contributed by atoms with Crippen molar-refractivity contribution in [3.05, 3.63) is 65.2 Å². The molecule has 0 saturated carbocycles. The lowest BCUT2D eigenvalue weighted by atomic mass is 10.1. The van der Waals surface area contributed by atoms with Crippen LogP contribution in [0.3, 0.4) is 0 Å². The molecule has 1 heterocycles. The van der Waals surface area contributed by atoms with Gasteiger partial charge in [0.25, 0.3) is 5.91 Å². The van der Waals surface area contributed by atoms with Crippen molar-refractivity contribution in [2.45, 2.75) is 26.1 Å². The molecule has 1 saturated heterocycles. The van der Waals surface area contributed by atoms with Crippen molar-refractivity contribution in [1.82, 2.24) is 4.90 Å². The summed E-state index contributed by atoms with van der Waals surface area (Å²) in [6, 6.07) is 12.5. The second kappa shape index (κ2) is 8.62. The minimum Gasteiger partial charge on any atom is -0.457 e. The van der Waals surface area contributed by atoms with Crippen molar-refractivity contribution in [1.29, 1.82) is 0 Å². The van der Waals surface area contributed by atoms with E-state index in [0.717, 1.165) is 25.9 Å². The second-order valence-electron chi connectivity index (χ2n) is 6.15. The van der Waals surface area contributed by atoms with Gasteiger partial charge in [-0.05, 0) is 42.7 Å². The molecule has 0 aliphatic carbocycles. The van der Waals surface area contributed by atoms with Crippen LogP contribution in [0.2, 0.25) is 0 Å². The standard InChI is InChI=1S/C20H19F2NO4/c21-20(22)27-17-6-2-1-5-16(17)19(25)26-13-14-7-9-15(10-8-14)18(24)23-11-3-4-12-23/h1-2,5-10,20H,3-4,11-13H2. The number of benzene rings is 2. The maximum absolute atomic E-state index is 12.4. The number of nitrogens with zero attached hydrogens (tertiary/aromatic N) is 1. The van der Waals surface area contributed by atoms with E-state index in [4.69, 9.17) is 4.74 Å². The zero-order valence-electron chi connectivity index (χ0n) is 14.6. The Balaban J connectivity index is 1.60. The zero-order chi connectivity index (χ0) is 19.2. The number of carbonyl (C=O) groups is 2. The topological polar surface area (TPSA) is 55.8 Å². The van der Waals surface area contributed by atoms with Crippen molar-refractivity contribution in [3.63, 3.8) is 0 Å². The molecule has 1 fully saturated rings. The normalized spacial score (nSPS) is 13.7. The number of hydrogen-bond acceptors (Lipinski definition) is 4. The van der Waals surface area contributed by atoms with E-state index in [0.29, 0.717) is 11.1 Å². The Kier molecular flexibility index (Phi) is 6.01. The van der Waals surface area contributed by atoms with Crippen LogP contribution in [0, 0.1) is 0 Å². The first kappa shape index (κ1) is 18.8. The van der Waals surface area contributed by atoms with Crippen LogP contribution in [0.15, 0.2) is 48.5 Å². The largest absolute Gasteiger partial charge is 0.457 e.